The van der Waals surface area contributed by atoms with Crippen LogP contribution in [0.15, 0.2) is 88.2 Å². The third kappa shape index (κ3) is 5.16. The number of anilines is 2. The second-order valence-corrected chi connectivity index (χ2v) is 8.86. The normalized spacial score (nSPS) is 11.0. The third-order valence-corrected chi connectivity index (χ3v) is 6.40. The largest absolute Gasteiger partial charge is 0.497 e. The van der Waals surface area contributed by atoms with E-state index in [4.69, 9.17) is 4.74 Å². The molecule has 0 bridgehead atoms. The van der Waals surface area contributed by atoms with E-state index in [2.05, 4.69) is 21.2 Å². The molecular formula is C21H19BrN2O4S. The van der Waals surface area contributed by atoms with Gasteiger partial charge in [-0.15, -0.1) is 0 Å². The van der Waals surface area contributed by atoms with Crippen molar-refractivity contribution in [2.45, 2.75) is 4.90 Å². The van der Waals surface area contributed by atoms with Gasteiger partial charge in [-0.3, -0.25) is 9.10 Å². The molecule has 0 aliphatic heterocycles. The molecule has 0 radical (unpaired) electrons. The van der Waals surface area contributed by atoms with Gasteiger partial charge in [0.2, 0.25) is 5.91 Å². The molecule has 0 spiro atoms. The van der Waals surface area contributed by atoms with Crippen molar-refractivity contribution in [3.63, 3.8) is 0 Å². The van der Waals surface area contributed by atoms with Crippen LogP contribution in [0.3, 0.4) is 0 Å². The number of hydrogen-bond donors (Lipinski definition) is 1. The zero-order chi connectivity index (χ0) is 20.9. The fourth-order valence-electron chi connectivity index (χ4n) is 2.66. The van der Waals surface area contributed by atoms with Crippen LogP contribution in [0.2, 0.25) is 0 Å². The van der Waals surface area contributed by atoms with Crippen LogP contribution in [0.5, 0.6) is 5.75 Å². The summed E-state index contributed by atoms with van der Waals surface area (Å²) in [7, 11) is -2.47. The Hall–Kier alpha value is -2.84. The van der Waals surface area contributed by atoms with E-state index in [1.54, 1.807) is 66.7 Å². The zero-order valence-electron chi connectivity index (χ0n) is 15.6. The summed E-state index contributed by atoms with van der Waals surface area (Å²) >= 11 is 3.34. The lowest BCUT2D eigenvalue weighted by atomic mass is 10.3. The molecule has 0 aliphatic rings. The van der Waals surface area contributed by atoms with Gasteiger partial charge in [-0.05, 0) is 48.5 Å². The molecule has 8 heteroatoms. The smallest absolute Gasteiger partial charge is 0.264 e. The summed E-state index contributed by atoms with van der Waals surface area (Å²) < 4.78 is 33.7. The molecule has 0 fully saturated rings. The van der Waals surface area contributed by atoms with Crippen LogP contribution in [0.1, 0.15) is 0 Å². The van der Waals surface area contributed by atoms with Gasteiger partial charge in [-0.25, -0.2) is 8.42 Å². The van der Waals surface area contributed by atoms with Gasteiger partial charge < -0.3 is 10.1 Å². The third-order valence-electron chi connectivity index (χ3n) is 4.09. The predicted octanol–water partition coefficient (Wildman–Crippen LogP) is 4.29. The molecule has 3 aromatic carbocycles. The lowest BCUT2D eigenvalue weighted by molar-refractivity contribution is -0.114. The Morgan fingerprint density at radius 2 is 1.69 bits per heavy atom. The van der Waals surface area contributed by atoms with Crippen molar-refractivity contribution < 1.29 is 17.9 Å². The van der Waals surface area contributed by atoms with Crippen LogP contribution >= 0.6 is 15.9 Å². The van der Waals surface area contributed by atoms with E-state index in [1.807, 2.05) is 0 Å². The number of methoxy groups -OCH3 is 1. The molecular weight excluding hydrogens is 456 g/mol. The first-order valence-electron chi connectivity index (χ1n) is 8.67. The summed E-state index contributed by atoms with van der Waals surface area (Å²) in [5.41, 5.74) is 0.903. The van der Waals surface area contributed by atoms with Gasteiger partial charge in [0, 0.05) is 16.2 Å². The molecule has 1 N–H and O–H groups in total. The lowest BCUT2D eigenvalue weighted by Crippen LogP contribution is -2.38. The Labute approximate surface area is 178 Å². The molecule has 3 rings (SSSR count). The highest BCUT2D eigenvalue weighted by molar-refractivity contribution is 9.10. The quantitative estimate of drug-likeness (QED) is 0.553. The SMILES string of the molecule is COc1cccc(N(CC(=O)Nc2ccc(Br)cc2)S(=O)(=O)c2ccccc2)c1. The Kier molecular flexibility index (Phi) is 6.56. The van der Waals surface area contributed by atoms with Crippen molar-refractivity contribution in [3.05, 3.63) is 83.3 Å². The molecule has 1 amide bonds. The van der Waals surface area contributed by atoms with Crippen molar-refractivity contribution >= 4 is 43.2 Å². The molecule has 0 saturated heterocycles. The summed E-state index contributed by atoms with van der Waals surface area (Å²) in [6.45, 7) is -0.388. The number of carbonyl (C=O) groups excluding carboxylic acids is 1. The topological polar surface area (TPSA) is 75.7 Å². The molecule has 6 nitrogen and oxygen atoms in total. The van der Waals surface area contributed by atoms with Crippen molar-refractivity contribution in [2.24, 2.45) is 0 Å². The van der Waals surface area contributed by atoms with E-state index in [0.717, 1.165) is 8.78 Å². The summed E-state index contributed by atoms with van der Waals surface area (Å²) in [6.07, 6.45) is 0. The van der Waals surface area contributed by atoms with Gasteiger partial charge in [-0.2, -0.15) is 0 Å². The van der Waals surface area contributed by atoms with Gasteiger partial charge in [-0.1, -0.05) is 40.2 Å². The molecule has 0 heterocycles. The number of ether oxygens (including phenoxy) is 1. The van der Waals surface area contributed by atoms with Crippen LogP contribution < -0.4 is 14.4 Å². The molecule has 0 atom stereocenters. The minimum absolute atomic E-state index is 0.0965. The maximum absolute atomic E-state index is 13.3. The van der Waals surface area contributed by atoms with Crippen LogP contribution in [-0.2, 0) is 14.8 Å². The Balaban J connectivity index is 1.94. The van der Waals surface area contributed by atoms with E-state index in [0.29, 0.717) is 17.1 Å². The molecule has 0 saturated carbocycles. The van der Waals surface area contributed by atoms with Crippen molar-refractivity contribution in [2.75, 3.05) is 23.3 Å². The average Bonchev–Trinajstić information content (AvgIpc) is 2.74. The Bertz CT molecular complexity index is 1090. The highest BCUT2D eigenvalue weighted by Gasteiger charge is 2.27. The summed E-state index contributed by atoms with van der Waals surface area (Å²) in [5.74, 6) is 0.0266. The van der Waals surface area contributed by atoms with Crippen molar-refractivity contribution in [1.29, 1.82) is 0 Å². The fraction of sp³-hybridized carbons (Fsp3) is 0.0952. The molecule has 29 heavy (non-hydrogen) atoms. The maximum Gasteiger partial charge on any atom is 0.264 e. The predicted molar refractivity (Wildman–Crippen MR) is 117 cm³/mol. The summed E-state index contributed by atoms with van der Waals surface area (Å²) in [4.78, 5) is 12.7. The number of carbonyl (C=O) groups is 1. The monoisotopic (exact) mass is 474 g/mol. The number of sulfonamides is 1. The molecule has 3 aromatic rings. The highest BCUT2D eigenvalue weighted by Crippen LogP contribution is 2.27. The van der Waals surface area contributed by atoms with E-state index in [9.17, 15) is 13.2 Å². The van der Waals surface area contributed by atoms with Gasteiger partial charge in [0.15, 0.2) is 0 Å². The number of nitrogens with zero attached hydrogens (tertiary/aromatic N) is 1. The summed E-state index contributed by atoms with van der Waals surface area (Å²) in [6, 6.07) is 21.6. The van der Waals surface area contributed by atoms with E-state index < -0.39 is 15.9 Å². The number of rotatable bonds is 7. The Morgan fingerprint density at radius 3 is 2.34 bits per heavy atom. The molecule has 0 unspecified atom stereocenters. The molecule has 0 aliphatic carbocycles. The van der Waals surface area contributed by atoms with Crippen LogP contribution in [0.25, 0.3) is 0 Å². The van der Waals surface area contributed by atoms with E-state index >= 15 is 0 Å². The van der Waals surface area contributed by atoms with Gasteiger partial charge in [0.05, 0.1) is 17.7 Å². The number of benzene rings is 3. The number of hydrogen-bond acceptors (Lipinski definition) is 4. The Morgan fingerprint density at radius 1 is 1.00 bits per heavy atom. The standard InChI is InChI=1S/C21H19BrN2O4S/c1-28-19-7-5-6-18(14-19)24(29(26,27)20-8-3-2-4-9-20)15-21(25)23-17-12-10-16(22)11-13-17/h2-14H,15H2,1H3,(H,23,25). The number of halogens is 1. The zero-order valence-corrected chi connectivity index (χ0v) is 18.0. The molecule has 150 valence electrons. The van der Waals surface area contributed by atoms with E-state index in [-0.39, 0.29) is 11.4 Å². The maximum atomic E-state index is 13.3. The fourth-order valence-corrected chi connectivity index (χ4v) is 4.36. The van der Waals surface area contributed by atoms with Gasteiger partial charge in [0.25, 0.3) is 10.0 Å². The van der Waals surface area contributed by atoms with Crippen LogP contribution in [0, 0.1) is 0 Å². The van der Waals surface area contributed by atoms with Crippen LogP contribution in [0.4, 0.5) is 11.4 Å². The number of nitrogens with one attached hydrogen (secondary N) is 1. The van der Waals surface area contributed by atoms with Crippen molar-refractivity contribution in [1.82, 2.24) is 0 Å². The summed E-state index contributed by atoms with van der Waals surface area (Å²) in [5, 5.41) is 2.72. The molecule has 0 aromatic heterocycles. The average molecular weight is 475 g/mol. The number of amides is 1. The first kappa shape index (κ1) is 20.9. The first-order valence-corrected chi connectivity index (χ1v) is 10.9. The van der Waals surface area contributed by atoms with Crippen LogP contribution in [-0.4, -0.2) is 28.0 Å². The lowest BCUT2D eigenvalue weighted by Gasteiger charge is -2.24. The highest BCUT2D eigenvalue weighted by atomic mass is 79.9. The van der Waals surface area contributed by atoms with E-state index in [1.165, 1.54) is 19.2 Å². The minimum atomic E-state index is -3.96. The second kappa shape index (κ2) is 9.11. The van der Waals surface area contributed by atoms with Gasteiger partial charge >= 0.3 is 0 Å². The minimum Gasteiger partial charge on any atom is -0.497 e. The second-order valence-electron chi connectivity index (χ2n) is 6.08. The first-order chi connectivity index (χ1) is 13.9. The van der Waals surface area contributed by atoms with Crippen molar-refractivity contribution in [3.8, 4) is 5.75 Å². The van der Waals surface area contributed by atoms with Gasteiger partial charge in [0.1, 0.15) is 12.3 Å².